The average Bonchev–Trinajstić information content (AvgIpc) is 2.85. The third-order valence-electron chi connectivity index (χ3n) is 4.81. The van der Waals surface area contributed by atoms with E-state index < -0.39 is 0 Å². The highest BCUT2D eigenvalue weighted by Gasteiger charge is 2.28. The molecule has 0 spiro atoms. The number of rotatable bonds is 3. The Bertz CT molecular complexity index is 425. The third kappa shape index (κ3) is 3.22. The van der Waals surface area contributed by atoms with Gasteiger partial charge in [0.25, 0.3) is 0 Å². The monoisotopic (exact) mass is 278 g/mol. The van der Waals surface area contributed by atoms with E-state index in [2.05, 4.69) is 26.7 Å². The maximum Gasteiger partial charge on any atom is 0.0925 e. The summed E-state index contributed by atoms with van der Waals surface area (Å²) in [5, 5.41) is 9.80. The maximum atomic E-state index is 9.80. The van der Waals surface area contributed by atoms with Crippen molar-refractivity contribution in [2.45, 2.75) is 51.3 Å². The van der Waals surface area contributed by atoms with Crippen molar-refractivity contribution in [2.75, 3.05) is 26.2 Å². The van der Waals surface area contributed by atoms with E-state index >= 15 is 0 Å². The largest absolute Gasteiger partial charge is 0.392 e. The summed E-state index contributed by atoms with van der Waals surface area (Å²) < 4.78 is 0. The first-order valence-corrected chi connectivity index (χ1v) is 7.85. The highest BCUT2D eigenvalue weighted by Crippen LogP contribution is 2.22. The number of aliphatic hydroxyl groups excluding tert-OH is 1. The van der Waals surface area contributed by atoms with Crippen LogP contribution in [0.1, 0.15) is 37.1 Å². The van der Waals surface area contributed by atoms with Gasteiger partial charge in [-0.15, -0.1) is 0 Å². The summed E-state index contributed by atoms with van der Waals surface area (Å²) in [6.07, 6.45) is 6.24. The second kappa shape index (κ2) is 6.24. The first kappa shape index (κ1) is 14.0. The van der Waals surface area contributed by atoms with Gasteiger partial charge in [0.15, 0.2) is 0 Å². The summed E-state index contributed by atoms with van der Waals surface area (Å²) in [4.78, 5) is 12.5. The first-order chi connectivity index (χ1) is 9.72. The topological polar surface area (TPSA) is 55.4 Å². The number of imidazole rings is 1. The molecule has 0 bridgehead atoms. The number of H-pyrrole nitrogens is 1. The molecule has 0 radical (unpaired) electrons. The Morgan fingerprint density at radius 2 is 2.10 bits per heavy atom. The molecule has 2 aliphatic rings. The lowest BCUT2D eigenvalue weighted by molar-refractivity contribution is 0.0242. The standard InChI is InChI=1S/C15H26N4O/c1-12-15(17-11-16-12)10-18-7-4-13(5-8-18)19-6-2-3-14(20)9-19/h11,13-14,20H,2-10H2,1H3,(H,16,17)/t14-/m0/s1. The molecule has 1 atom stereocenters. The van der Waals surface area contributed by atoms with Crippen molar-refractivity contribution in [3.63, 3.8) is 0 Å². The highest BCUT2D eigenvalue weighted by atomic mass is 16.3. The second-order valence-corrected chi connectivity index (χ2v) is 6.27. The van der Waals surface area contributed by atoms with Gasteiger partial charge in [-0.1, -0.05) is 0 Å². The van der Waals surface area contributed by atoms with Crippen LogP contribution in [0.5, 0.6) is 0 Å². The molecule has 5 nitrogen and oxygen atoms in total. The minimum Gasteiger partial charge on any atom is -0.392 e. The highest BCUT2D eigenvalue weighted by molar-refractivity contribution is 5.08. The van der Waals surface area contributed by atoms with Crippen molar-refractivity contribution in [3.05, 3.63) is 17.7 Å². The lowest BCUT2D eigenvalue weighted by Gasteiger charge is -2.41. The van der Waals surface area contributed by atoms with Gasteiger partial charge in [0.2, 0.25) is 0 Å². The van der Waals surface area contributed by atoms with E-state index in [0.29, 0.717) is 6.04 Å². The molecular formula is C15H26N4O. The predicted octanol–water partition coefficient (Wildman–Crippen LogP) is 1.14. The van der Waals surface area contributed by atoms with Crippen LogP contribution in [-0.4, -0.2) is 63.2 Å². The number of likely N-dealkylation sites (tertiary alicyclic amines) is 2. The molecule has 3 heterocycles. The normalized spacial score (nSPS) is 27.0. The van der Waals surface area contributed by atoms with Crippen molar-refractivity contribution in [1.82, 2.24) is 19.8 Å². The molecule has 3 rings (SSSR count). The van der Waals surface area contributed by atoms with Crippen LogP contribution in [0.15, 0.2) is 6.33 Å². The lowest BCUT2D eigenvalue weighted by Crippen LogP contribution is -2.49. The van der Waals surface area contributed by atoms with Gasteiger partial charge in [-0.2, -0.15) is 0 Å². The van der Waals surface area contributed by atoms with Crippen molar-refractivity contribution in [1.29, 1.82) is 0 Å². The fraction of sp³-hybridized carbons (Fsp3) is 0.800. The number of piperidine rings is 2. The van der Waals surface area contributed by atoms with Crippen LogP contribution in [0.25, 0.3) is 0 Å². The summed E-state index contributed by atoms with van der Waals surface area (Å²) in [5.74, 6) is 0. The van der Waals surface area contributed by atoms with Crippen LogP contribution >= 0.6 is 0 Å². The van der Waals surface area contributed by atoms with Gasteiger partial charge in [-0.3, -0.25) is 9.80 Å². The predicted molar refractivity (Wildman–Crippen MR) is 78.4 cm³/mol. The van der Waals surface area contributed by atoms with Gasteiger partial charge in [0.1, 0.15) is 0 Å². The van der Waals surface area contributed by atoms with E-state index in [1.165, 1.54) is 30.8 Å². The number of hydrogen-bond donors (Lipinski definition) is 2. The molecule has 20 heavy (non-hydrogen) atoms. The first-order valence-electron chi connectivity index (χ1n) is 7.85. The zero-order chi connectivity index (χ0) is 13.9. The Labute approximate surface area is 121 Å². The molecule has 112 valence electrons. The summed E-state index contributed by atoms with van der Waals surface area (Å²) in [7, 11) is 0. The Morgan fingerprint density at radius 1 is 1.30 bits per heavy atom. The Kier molecular flexibility index (Phi) is 4.38. The molecule has 2 N–H and O–H groups in total. The Morgan fingerprint density at radius 3 is 2.75 bits per heavy atom. The van der Waals surface area contributed by atoms with E-state index in [1.54, 1.807) is 6.33 Å². The van der Waals surface area contributed by atoms with Crippen molar-refractivity contribution < 1.29 is 5.11 Å². The van der Waals surface area contributed by atoms with Crippen molar-refractivity contribution in [2.24, 2.45) is 0 Å². The van der Waals surface area contributed by atoms with E-state index in [1.807, 2.05) is 0 Å². The summed E-state index contributed by atoms with van der Waals surface area (Å²) >= 11 is 0. The van der Waals surface area contributed by atoms with Crippen LogP contribution in [-0.2, 0) is 6.54 Å². The summed E-state index contributed by atoms with van der Waals surface area (Å²) in [6.45, 7) is 7.38. The number of β-amino-alcohol motifs (C(OH)–C–C–N with tert-alkyl or cyclic N) is 1. The zero-order valence-corrected chi connectivity index (χ0v) is 12.4. The number of aryl methyl sites for hydroxylation is 1. The number of nitrogens with one attached hydrogen (secondary N) is 1. The minimum atomic E-state index is -0.103. The quantitative estimate of drug-likeness (QED) is 0.870. The van der Waals surface area contributed by atoms with E-state index in [-0.39, 0.29) is 6.10 Å². The third-order valence-corrected chi connectivity index (χ3v) is 4.81. The van der Waals surface area contributed by atoms with Gasteiger partial charge >= 0.3 is 0 Å². The molecule has 0 unspecified atom stereocenters. The van der Waals surface area contributed by atoms with E-state index in [4.69, 9.17) is 0 Å². The van der Waals surface area contributed by atoms with E-state index in [9.17, 15) is 5.11 Å². The van der Waals surface area contributed by atoms with Crippen LogP contribution in [0.2, 0.25) is 0 Å². The number of aromatic nitrogens is 2. The molecule has 5 heteroatoms. The summed E-state index contributed by atoms with van der Waals surface area (Å²) in [5.41, 5.74) is 2.36. The van der Waals surface area contributed by atoms with Gasteiger partial charge in [-0.05, 0) is 39.2 Å². The van der Waals surface area contributed by atoms with Crippen molar-refractivity contribution >= 4 is 0 Å². The minimum absolute atomic E-state index is 0.103. The molecule has 2 fully saturated rings. The van der Waals surface area contributed by atoms with Gasteiger partial charge in [0, 0.05) is 37.9 Å². The second-order valence-electron chi connectivity index (χ2n) is 6.27. The molecule has 1 aromatic rings. The summed E-state index contributed by atoms with van der Waals surface area (Å²) in [6, 6.07) is 0.668. The van der Waals surface area contributed by atoms with Gasteiger partial charge in [-0.25, -0.2) is 4.98 Å². The number of hydrogen-bond acceptors (Lipinski definition) is 4. The van der Waals surface area contributed by atoms with Gasteiger partial charge in [0.05, 0.1) is 18.1 Å². The number of nitrogens with zero attached hydrogens (tertiary/aromatic N) is 3. The van der Waals surface area contributed by atoms with E-state index in [0.717, 1.165) is 39.0 Å². The molecule has 0 amide bonds. The molecule has 2 aliphatic heterocycles. The fourth-order valence-electron chi connectivity index (χ4n) is 3.52. The molecule has 1 aromatic heterocycles. The average molecular weight is 278 g/mol. The van der Waals surface area contributed by atoms with Crippen LogP contribution in [0.3, 0.4) is 0 Å². The molecular weight excluding hydrogens is 252 g/mol. The van der Waals surface area contributed by atoms with Gasteiger partial charge < -0.3 is 10.1 Å². The molecule has 0 aromatic carbocycles. The Balaban J connectivity index is 1.48. The molecule has 0 aliphatic carbocycles. The van der Waals surface area contributed by atoms with Crippen LogP contribution < -0.4 is 0 Å². The Hall–Kier alpha value is -0.910. The molecule has 0 saturated carbocycles. The number of aromatic amines is 1. The zero-order valence-electron chi connectivity index (χ0n) is 12.4. The van der Waals surface area contributed by atoms with Crippen LogP contribution in [0.4, 0.5) is 0 Å². The van der Waals surface area contributed by atoms with Crippen LogP contribution in [0, 0.1) is 6.92 Å². The smallest absolute Gasteiger partial charge is 0.0925 e. The fourth-order valence-corrected chi connectivity index (χ4v) is 3.52. The SMILES string of the molecule is Cc1[nH]cnc1CN1CCC(N2CCC[C@H](O)C2)CC1. The maximum absolute atomic E-state index is 9.80. The molecule has 2 saturated heterocycles. The van der Waals surface area contributed by atoms with Crippen molar-refractivity contribution in [3.8, 4) is 0 Å². The lowest BCUT2D eigenvalue weighted by atomic mass is 9.99. The number of aliphatic hydroxyl groups is 1.